The van der Waals surface area contributed by atoms with E-state index >= 15 is 0 Å². The summed E-state index contributed by atoms with van der Waals surface area (Å²) in [5.41, 5.74) is 9.52. The Bertz CT molecular complexity index is 1270. The van der Waals surface area contributed by atoms with Gasteiger partial charge < -0.3 is 0 Å². The predicted molar refractivity (Wildman–Crippen MR) is 143 cm³/mol. The molecule has 0 unspecified atom stereocenters. The van der Waals surface area contributed by atoms with Crippen LogP contribution in [0.3, 0.4) is 0 Å². The Hall–Kier alpha value is -5.14. The van der Waals surface area contributed by atoms with Gasteiger partial charge in [0.05, 0.1) is 0 Å². The fraction of sp³-hybridized carbons (Fsp3) is 0. The Kier molecular flexibility index (Phi) is 6.48. The van der Waals surface area contributed by atoms with Crippen molar-refractivity contribution in [1.82, 2.24) is 0 Å². The topological polar surface area (TPSA) is 0 Å². The van der Waals surface area contributed by atoms with Crippen LogP contribution < -0.4 is 0 Å². The van der Waals surface area contributed by atoms with Gasteiger partial charge in [0, 0.05) is 22.3 Å². The van der Waals surface area contributed by atoms with E-state index in [4.69, 9.17) is 25.7 Å². The smallest absolute Gasteiger partial charge is 0.0243 e. The van der Waals surface area contributed by atoms with Crippen molar-refractivity contribution in [3.63, 3.8) is 0 Å². The lowest BCUT2D eigenvalue weighted by molar-refractivity contribution is 1.48. The summed E-state index contributed by atoms with van der Waals surface area (Å²) in [7, 11) is 0. The summed E-state index contributed by atoms with van der Waals surface area (Å²) in [4.78, 5) is 0. The molecular weight excluding hydrogens is 408 g/mol. The normalized spacial score (nSPS) is 9.65. The number of hydrogen-bond acceptors (Lipinski definition) is 0. The summed E-state index contributed by atoms with van der Waals surface area (Å²) < 4.78 is 0. The minimum Gasteiger partial charge on any atom is -0.115 e. The lowest BCUT2D eigenvalue weighted by Crippen LogP contribution is -1.98. The lowest BCUT2D eigenvalue weighted by Gasteiger charge is -2.18. The molecule has 0 spiro atoms. The van der Waals surface area contributed by atoms with Gasteiger partial charge in [-0.05, 0) is 81.9 Å². The predicted octanol–water partition coefficient (Wildman–Crippen LogP) is 6.62. The first-order valence-electron chi connectivity index (χ1n) is 10.7. The van der Waals surface area contributed by atoms with Crippen molar-refractivity contribution < 1.29 is 0 Å². The lowest BCUT2D eigenvalue weighted by atomic mass is 9.85. The maximum Gasteiger partial charge on any atom is 0.0243 e. The number of benzene rings is 4. The summed E-state index contributed by atoms with van der Waals surface area (Å²) in [5, 5.41) is 0. The SMILES string of the molecule is C#Cc1ccc(C(=C(c2ccc(C#C)cc2)c2ccc(C#C)cc2)c2ccc(C#C)cc2)cc1. The maximum atomic E-state index is 5.60. The highest BCUT2D eigenvalue weighted by molar-refractivity contribution is 6.04. The van der Waals surface area contributed by atoms with E-state index in [0.717, 1.165) is 55.7 Å². The molecule has 0 heterocycles. The number of hydrogen-bond donors (Lipinski definition) is 0. The second kappa shape index (κ2) is 9.99. The van der Waals surface area contributed by atoms with Gasteiger partial charge in [-0.25, -0.2) is 0 Å². The van der Waals surface area contributed by atoms with Gasteiger partial charge >= 0.3 is 0 Å². The minimum atomic E-state index is 0.823. The van der Waals surface area contributed by atoms with Crippen LogP contribution in [0, 0.1) is 49.4 Å². The van der Waals surface area contributed by atoms with E-state index in [2.05, 4.69) is 23.7 Å². The molecule has 4 aromatic rings. The molecule has 0 amide bonds. The van der Waals surface area contributed by atoms with Crippen molar-refractivity contribution >= 4 is 11.1 Å². The minimum absolute atomic E-state index is 0.823. The van der Waals surface area contributed by atoms with E-state index < -0.39 is 0 Å². The Morgan fingerprint density at radius 1 is 0.324 bits per heavy atom. The van der Waals surface area contributed by atoms with E-state index in [1.807, 2.05) is 97.1 Å². The third kappa shape index (κ3) is 4.55. The van der Waals surface area contributed by atoms with Crippen LogP contribution in [0.2, 0.25) is 0 Å². The number of rotatable bonds is 4. The fourth-order valence-corrected chi connectivity index (χ4v) is 3.84. The van der Waals surface area contributed by atoms with Gasteiger partial charge in [0.2, 0.25) is 0 Å². The van der Waals surface area contributed by atoms with Gasteiger partial charge in [-0.1, -0.05) is 72.2 Å². The van der Waals surface area contributed by atoms with Crippen LogP contribution in [0.4, 0.5) is 0 Å². The van der Waals surface area contributed by atoms with Crippen molar-refractivity contribution in [3.05, 3.63) is 142 Å². The molecule has 0 saturated heterocycles. The average molecular weight is 429 g/mol. The van der Waals surface area contributed by atoms with Crippen LogP contribution >= 0.6 is 0 Å². The molecule has 0 aliphatic carbocycles. The fourth-order valence-electron chi connectivity index (χ4n) is 3.84. The van der Waals surface area contributed by atoms with Crippen LogP contribution in [0.5, 0.6) is 0 Å². The summed E-state index contributed by atoms with van der Waals surface area (Å²) in [6, 6.07) is 32.0. The highest BCUT2D eigenvalue weighted by Crippen LogP contribution is 2.37. The molecule has 0 radical (unpaired) electrons. The highest BCUT2D eigenvalue weighted by atomic mass is 14.2. The maximum absolute atomic E-state index is 5.60. The van der Waals surface area contributed by atoms with E-state index in [1.54, 1.807) is 0 Å². The summed E-state index contributed by atoms with van der Waals surface area (Å²) in [5.74, 6) is 10.8. The van der Waals surface area contributed by atoms with Crippen molar-refractivity contribution in [2.45, 2.75) is 0 Å². The zero-order valence-electron chi connectivity index (χ0n) is 18.5. The van der Waals surface area contributed by atoms with Crippen molar-refractivity contribution in [3.8, 4) is 49.4 Å². The van der Waals surface area contributed by atoms with Crippen LogP contribution in [0.25, 0.3) is 11.1 Å². The number of terminal acetylenes is 4. The van der Waals surface area contributed by atoms with Gasteiger partial charge in [0.1, 0.15) is 0 Å². The first-order chi connectivity index (χ1) is 16.7. The van der Waals surface area contributed by atoms with Gasteiger partial charge in [-0.3, -0.25) is 0 Å². The first kappa shape index (κ1) is 22.1. The largest absolute Gasteiger partial charge is 0.115 e. The third-order valence-corrected chi connectivity index (χ3v) is 5.61. The zero-order valence-corrected chi connectivity index (χ0v) is 18.5. The molecule has 0 aromatic heterocycles. The van der Waals surface area contributed by atoms with Crippen LogP contribution in [-0.2, 0) is 0 Å². The Morgan fingerprint density at radius 2 is 0.500 bits per heavy atom. The van der Waals surface area contributed by atoms with E-state index in [9.17, 15) is 0 Å². The monoisotopic (exact) mass is 428 g/mol. The first-order valence-corrected chi connectivity index (χ1v) is 10.7. The third-order valence-electron chi connectivity index (χ3n) is 5.61. The molecule has 34 heavy (non-hydrogen) atoms. The molecule has 0 aliphatic rings. The van der Waals surface area contributed by atoms with Gasteiger partial charge in [0.25, 0.3) is 0 Å². The zero-order chi connectivity index (χ0) is 23.9. The van der Waals surface area contributed by atoms with E-state index in [-0.39, 0.29) is 0 Å². The molecule has 0 saturated carbocycles. The second-order valence-electron chi connectivity index (χ2n) is 7.64. The second-order valence-corrected chi connectivity index (χ2v) is 7.64. The van der Waals surface area contributed by atoms with Gasteiger partial charge in [0.15, 0.2) is 0 Å². The summed E-state index contributed by atoms with van der Waals surface area (Å²) >= 11 is 0. The Labute approximate surface area is 202 Å². The van der Waals surface area contributed by atoms with Gasteiger partial charge in [-0.2, -0.15) is 0 Å². The molecule has 156 valence electrons. The van der Waals surface area contributed by atoms with Crippen molar-refractivity contribution in [1.29, 1.82) is 0 Å². The standard InChI is InChI=1S/C34H20/c1-5-25-9-17-29(18-10-25)33(30-19-11-26(6-2)12-20-30)34(31-21-13-27(7-3)14-22-31)32-23-15-28(8-4)16-24-32/h1-4,9-24H. The van der Waals surface area contributed by atoms with Crippen LogP contribution in [0.1, 0.15) is 44.5 Å². The van der Waals surface area contributed by atoms with Crippen LogP contribution in [0.15, 0.2) is 97.1 Å². The quantitative estimate of drug-likeness (QED) is 0.253. The molecular formula is C34H20. The molecule has 0 bridgehead atoms. The van der Waals surface area contributed by atoms with Crippen molar-refractivity contribution in [2.24, 2.45) is 0 Å². The van der Waals surface area contributed by atoms with E-state index in [0.29, 0.717) is 0 Å². The highest BCUT2D eigenvalue weighted by Gasteiger charge is 2.16. The Morgan fingerprint density at radius 3 is 0.647 bits per heavy atom. The molecule has 4 aromatic carbocycles. The summed E-state index contributed by atoms with van der Waals surface area (Å²) in [6.07, 6.45) is 22.4. The Balaban J connectivity index is 2.08. The molecule has 0 aliphatic heterocycles. The van der Waals surface area contributed by atoms with E-state index in [1.165, 1.54) is 0 Å². The molecule has 4 rings (SSSR count). The molecule has 0 heteroatoms. The summed E-state index contributed by atoms with van der Waals surface area (Å²) in [6.45, 7) is 0. The molecule has 0 fully saturated rings. The average Bonchev–Trinajstić information content (AvgIpc) is 2.92. The van der Waals surface area contributed by atoms with Gasteiger partial charge in [-0.15, -0.1) is 25.7 Å². The van der Waals surface area contributed by atoms with Crippen LogP contribution in [-0.4, -0.2) is 0 Å². The molecule has 0 atom stereocenters. The molecule has 0 N–H and O–H groups in total. The van der Waals surface area contributed by atoms with Crippen molar-refractivity contribution in [2.75, 3.05) is 0 Å². The molecule has 0 nitrogen and oxygen atoms in total.